The van der Waals surface area contributed by atoms with Crippen LogP contribution >= 0.6 is 12.4 Å². The Morgan fingerprint density at radius 3 is 2.27 bits per heavy atom. The van der Waals surface area contributed by atoms with E-state index in [4.69, 9.17) is 10.7 Å². The number of piperidine rings is 1. The van der Waals surface area contributed by atoms with Crippen molar-refractivity contribution in [1.82, 2.24) is 9.88 Å². The molecule has 0 radical (unpaired) electrons. The second kappa shape index (κ2) is 12.9. The Labute approximate surface area is 228 Å². The molecule has 3 rings (SSSR count). The van der Waals surface area contributed by atoms with E-state index in [0.29, 0.717) is 31.8 Å². The van der Waals surface area contributed by atoms with E-state index in [9.17, 15) is 14.7 Å². The van der Waals surface area contributed by atoms with E-state index in [1.807, 2.05) is 11.8 Å². The van der Waals surface area contributed by atoms with Gasteiger partial charge in [-0.05, 0) is 74.1 Å². The molecule has 2 aromatic rings. The topological polar surface area (TPSA) is 96.5 Å². The predicted octanol–water partition coefficient (Wildman–Crippen LogP) is 5.87. The zero-order chi connectivity index (χ0) is 26.6. The Balaban J connectivity index is 0.00000481. The number of aryl methyl sites for hydroxylation is 2. The van der Waals surface area contributed by atoms with E-state index in [1.165, 1.54) is 5.56 Å². The van der Waals surface area contributed by atoms with E-state index in [-0.39, 0.29) is 24.7 Å². The van der Waals surface area contributed by atoms with Gasteiger partial charge in [0.1, 0.15) is 0 Å². The highest BCUT2D eigenvalue weighted by Crippen LogP contribution is 2.39. The van der Waals surface area contributed by atoms with Gasteiger partial charge in [0.05, 0.1) is 12.3 Å². The predicted molar refractivity (Wildman–Crippen MR) is 152 cm³/mol. The number of carbonyl (C=O) groups excluding carboxylic acids is 1. The summed E-state index contributed by atoms with van der Waals surface area (Å²) in [4.78, 5) is 32.7. The Morgan fingerprint density at radius 2 is 1.76 bits per heavy atom. The van der Waals surface area contributed by atoms with Crippen molar-refractivity contribution in [2.45, 2.75) is 92.2 Å². The first-order chi connectivity index (χ1) is 17.1. The molecular weight excluding hydrogens is 486 g/mol. The summed E-state index contributed by atoms with van der Waals surface area (Å²) < 4.78 is 0. The fourth-order valence-electron chi connectivity index (χ4n) is 5.87. The zero-order valence-electron chi connectivity index (χ0n) is 23.3. The number of halogens is 1. The van der Waals surface area contributed by atoms with Gasteiger partial charge >= 0.3 is 5.97 Å². The second-order valence-electron chi connectivity index (χ2n) is 10.8. The number of hydrogen-bond donors (Lipinski definition) is 2. The summed E-state index contributed by atoms with van der Waals surface area (Å²) in [6.07, 6.45) is 3.54. The van der Waals surface area contributed by atoms with Gasteiger partial charge in [-0.1, -0.05) is 57.5 Å². The summed E-state index contributed by atoms with van der Waals surface area (Å²) >= 11 is 0. The van der Waals surface area contributed by atoms with Crippen LogP contribution in [-0.4, -0.2) is 39.0 Å². The number of pyridine rings is 1. The van der Waals surface area contributed by atoms with Gasteiger partial charge in [-0.2, -0.15) is 0 Å². The molecule has 204 valence electrons. The maximum atomic E-state index is 13.9. The Morgan fingerprint density at radius 1 is 1.14 bits per heavy atom. The van der Waals surface area contributed by atoms with Crippen LogP contribution < -0.4 is 5.73 Å². The number of benzene rings is 1. The van der Waals surface area contributed by atoms with Crippen molar-refractivity contribution in [3.05, 3.63) is 52.3 Å². The summed E-state index contributed by atoms with van der Waals surface area (Å²) in [6, 6.07) is 8.40. The van der Waals surface area contributed by atoms with Crippen LogP contribution in [0.25, 0.3) is 11.1 Å². The van der Waals surface area contributed by atoms with Crippen molar-refractivity contribution in [2.75, 3.05) is 6.54 Å². The van der Waals surface area contributed by atoms with Crippen LogP contribution in [0.2, 0.25) is 0 Å². The molecule has 1 amide bonds. The fraction of sp³-hybridized carbons (Fsp3) is 0.567. The highest BCUT2D eigenvalue weighted by molar-refractivity contribution is 5.85. The number of carboxylic acid groups (broad SMARTS) is 1. The minimum Gasteiger partial charge on any atom is -0.481 e. The molecule has 1 aromatic carbocycles. The molecule has 37 heavy (non-hydrogen) atoms. The number of carbonyl (C=O) groups is 2. The lowest BCUT2D eigenvalue weighted by molar-refractivity contribution is -0.152. The average molecular weight is 530 g/mol. The smallest absolute Gasteiger partial charge is 0.306 e. The van der Waals surface area contributed by atoms with Crippen molar-refractivity contribution in [3.8, 4) is 11.1 Å². The molecule has 3 N–H and O–H groups in total. The van der Waals surface area contributed by atoms with Gasteiger partial charge in [-0.3, -0.25) is 14.6 Å². The van der Waals surface area contributed by atoms with E-state index >= 15 is 0 Å². The number of aliphatic carboxylic acids is 1. The number of nitrogens with zero attached hydrogens (tertiary/aromatic N) is 2. The van der Waals surface area contributed by atoms with Crippen LogP contribution in [0, 0.1) is 25.7 Å². The van der Waals surface area contributed by atoms with Crippen molar-refractivity contribution >= 4 is 24.3 Å². The number of hydrogen-bond acceptors (Lipinski definition) is 4. The molecule has 2 heterocycles. The lowest BCUT2D eigenvalue weighted by Crippen LogP contribution is -2.57. The minimum atomic E-state index is -0.761. The maximum absolute atomic E-state index is 13.9. The number of rotatable bonds is 9. The third kappa shape index (κ3) is 6.53. The Bertz CT molecular complexity index is 1090. The molecule has 1 aromatic heterocycles. The van der Waals surface area contributed by atoms with Gasteiger partial charge in [-0.25, -0.2) is 0 Å². The van der Waals surface area contributed by atoms with Crippen LogP contribution in [0.3, 0.4) is 0 Å². The third-order valence-electron chi connectivity index (χ3n) is 8.03. The standard InChI is InChI=1S/C30H43N3O3.ClH/c1-7-30(8-2)17-23(29(35)36)13-14-33(30)27(34)16-24-21(6)32-26(15-19(3)4)25(18-31)28(24)22-11-9-20(5)10-12-22;/h9-12,19,23H,7-8,13-18,31H2,1-6H3,(H,35,36);1H. The SMILES string of the molecule is CCC1(CC)CC(C(=O)O)CCN1C(=O)Cc1c(C)nc(CC(C)C)c(CN)c1-c1ccc(C)cc1.Cl. The quantitative estimate of drug-likeness (QED) is 0.423. The summed E-state index contributed by atoms with van der Waals surface area (Å²) in [6.45, 7) is 13.4. The first-order valence-corrected chi connectivity index (χ1v) is 13.4. The van der Waals surface area contributed by atoms with Gasteiger partial charge in [0.15, 0.2) is 0 Å². The number of amides is 1. The van der Waals surface area contributed by atoms with Crippen LogP contribution in [0.15, 0.2) is 24.3 Å². The highest BCUT2D eigenvalue weighted by atomic mass is 35.5. The zero-order valence-corrected chi connectivity index (χ0v) is 24.1. The molecule has 1 saturated heterocycles. The normalized spacial score (nSPS) is 17.0. The van der Waals surface area contributed by atoms with E-state index < -0.39 is 17.4 Å². The summed E-state index contributed by atoms with van der Waals surface area (Å²) in [5.74, 6) is -0.686. The number of likely N-dealkylation sites (tertiary alicyclic amines) is 1. The molecule has 1 atom stereocenters. The summed E-state index contributed by atoms with van der Waals surface area (Å²) in [5, 5.41) is 9.66. The second-order valence-corrected chi connectivity index (χ2v) is 10.8. The maximum Gasteiger partial charge on any atom is 0.306 e. The van der Waals surface area contributed by atoms with Crippen LogP contribution in [0.1, 0.15) is 81.5 Å². The molecule has 0 spiro atoms. The van der Waals surface area contributed by atoms with Crippen molar-refractivity contribution in [2.24, 2.45) is 17.6 Å². The first-order valence-electron chi connectivity index (χ1n) is 13.4. The number of carboxylic acids is 1. The van der Waals surface area contributed by atoms with Crippen LogP contribution in [0.4, 0.5) is 0 Å². The molecule has 1 aliphatic heterocycles. The number of nitrogens with two attached hydrogens (primary N) is 1. The van der Waals surface area contributed by atoms with Crippen LogP contribution in [0.5, 0.6) is 0 Å². The highest BCUT2D eigenvalue weighted by Gasteiger charge is 2.44. The molecule has 7 heteroatoms. The van der Waals surface area contributed by atoms with Gasteiger partial charge in [0, 0.05) is 30.0 Å². The molecule has 6 nitrogen and oxygen atoms in total. The molecule has 1 aliphatic rings. The Hall–Kier alpha value is -2.44. The van der Waals surface area contributed by atoms with E-state index in [1.54, 1.807) is 0 Å². The van der Waals surface area contributed by atoms with Gasteiger partial charge in [0.25, 0.3) is 0 Å². The lowest BCUT2D eigenvalue weighted by Gasteiger charge is -2.48. The molecule has 1 unspecified atom stereocenters. The van der Waals surface area contributed by atoms with E-state index in [2.05, 4.69) is 58.9 Å². The lowest BCUT2D eigenvalue weighted by atomic mass is 9.76. The number of aromatic nitrogens is 1. The van der Waals surface area contributed by atoms with Crippen molar-refractivity contribution in [1.29, 1.82) is 0 Å². The van der Waals surface area contributed by atoms with E-state index in [0.717, 1.165) is 52.9 Å². The molecule has 0 bridgehead atoms. The summed E-state index contributed by atoms with van der Waals surface area (Å²) in [7, 11) is 0. The van der Waals surface area contributed by atoms with Crippen molar-refractivity contribution < 1.29 is 14.7 Å². The molecule has 0 saturated carbocycles. The molecule has 0 aliphatic carbocycles. The largest absolute Gasteiger partial charge is 0.481 e. The average Bonchev–Trinajstić information content (AvgIpc) is 2.85. The third-order valence-corrected chi connectivity index (χ3v) is 8.03. The first kappa shape index (κ1) is 30.8. The monoisotopic (exact) mass is 529 g/mol. The molecule has 1 fully saturated rings. The fourth-order valence-corrected chi connectivity index (χ4v) is 5.87. The minimum absolute atomic E-state index is 0. The van der Waals surface area contributed by atoms with Crippen molar-refractivity contribution in [3.63, 3.8) is 0 Å². The summed E-state index contributed by atoms with van der Waals surface area (Å²) in [5.41, 5.74) is 13.0. The Kier molecular flexibility index (Phi) is 10.7. The molecular formula is C30H44ClN3O3. The van der Waals surface area contributed by atoms with Gasteiger partial charge < -0.3 is 15.7 Å². The van der Waals surface area contributed by atoms with Gasteiger partial charge in [0.2, 0.25) is 5.91 Å². The van der Waals surface area contributed by atoms with Gasteiger partial charge in [-0.15, -0.1) is 12.4 Å². The van der Waals surface area contributed by atoms with Crippen LogP contribution in [-0.2, 0) is 29.0 Å².